The maximum Gasteiger partial charge on any atom is 0.244 e. The fourth-order valence-electron chi connectivity index (χ4n) is 2.85. The van der Waals surface area contributed by atoms with Crippen molar-refractivity contribution in [2.75, 3.05) is 14.2 Å². The Labute approximate surface area is 114 Å². The van der Waals surface area contributed by atoms with E-state index in [4.69, 9.17) is 4.74 Å². The molecule has 0 saturated heterocycles. The van der Waals surface area contributed by atoms with Crippen molar-refractivity contribution in [2.45, 2.75) is 39.0 Å². The molecule has 1 aromatic carbocycles. The minimum atomic E-state index is -0.420. The van der Waals surface area contributed by atoms with Crippen molar-refractivity contribution in [1.82, 2.24) is 10.9 Å². The SMILES string of the molecule is CNNC(=O)C1(c2c(C)cc(C)c(C)c2OC)CC1. The Morgan fingerprint density at radius 2 is 1.89 bits per heavy atom. The second-order valence-corrected chi connectivity index (χ2v) is 5.33. The quantitative estimate of drug-likeness (QED) is 0.815. The molecule has 0 unspecified atom stereocenters. The molecule has 0 aliphatic heterocycles. The maximum absolute atomic E-state index is 12.3. The number of carbonyl (C=O) groups is 1. The highest BCUT2D eigenvalue weighted by Crippen LogP contribution is 2.53. The topological polar surface area (TPSA) is 50.4 Å². The first-order valence-corrected chi connectivity index (χ1v) is 6.60. The molecule has 1 aliphatic rings. The van der Waals surface area contributed by atoms with Crippen LogP contribution >= 0.6 is 0 Å². The van der Waals surface area contributed by atoms with E-state index in [9.17, 15) is 4.79 Å². The Kier molecular flexibility index (Phi) is 3.54. The van der Waals surface area contributed by atoms with Gasteiger partial charge in [-0.05, 0) is 50.3 Å². The van der Waals surface area contributed by atoms with Crippen LogP contribution in [-0.2, 0) is 10.2 Å². The lowest BCUT2D eigenvalue weighted by atomic mass is 9.87. The zero-order valence-electron chi connectivity index (χ0n) is 12.3. The van der Waals surface area contributed by atoms with E-state index < -0.39 is 5.41 Å². The van der Waals surface area contributed by atoms with Gasteiger partial charge < -0.3 is 4.74 Å². The minimum absolute atomic E-state index is 0.0275. The second kappa shape index (κ2) is 4.85. The fraction of sp³-hybridized carbons (Fsp3) is 0.533. The van der Waals surface area contributed by atoms with Crippen LogP contribution in [0.15, 0.2) is 6.07 Å². The number of ether oxygens (including phenoxy) is 1. The Morgan fingerprint density at radius 3 is 2.37 bits per heavy atom. The highest BCUT2D eigenvalue weighted by Gasteiger charge is 2.53. The number of rotatable bonds is 4. The number of nitrogens with one attached hydrogen (secondary N) is 2. The van der Waals surface area contributed by atoms with E-state index >= 15 is 0 Å². The standard InChI is InChI=1S/C15H22N2O2/c1-9-8-10(2)12(13(19-5)11(9)3)15(6-7-15)14(18)17-16-4/h8,16H,6-7H2,1-5H3,(H,17,18). The monoisotopic (exact) mass is 262 g/mol. The van der Waals surface area contributed by atoms with Crippen LogP contribution in [0.4, 0.5) is 0 Å². The highest BCUT2D eigenvalue weighted by atomic mass is 16.5. The van der Waals surface area contributed by atoms with Gasteiger partial charge in [-0.3, -0.25) is 10.2 Å². The summed E-state index contributed by atoms with van der Waals surface area (Å²) in [5.41, 5.74) is 9.51. The first kappa shape index (κ1) is 13.9. The molecular weight excluding hydrogens is 240 g/mol. The molecule has 0 radical (unpaired) electrons. The van der Waals surface area contributed by atoms with Gasteiger partial charge in [0, 0.05) is 12.6 Å². The van der Waals surface area contributed by atoms with Gasteiger partial charge >= 0.3 is 0 Å². The van der Waals surface area contributed by atoms with Crippen molar-refractivity contribution in [3.63, 3.8) is 0 Å². The smallest absolute Gasteiger partial charge is 0.244 e. The van der Waals surface area contributed by atoms with Gasteiger partial charge in [0.25, 0.3) is 0 Å². The van der Waals surface area contributed by atoms with Gasteiger partial charge in [0.1, 0.15) is 5.75 Å². The van der Waals surface area contributed by atoms with E-state index in [0.29, 0.717) is 0 Å². The van der Waals surface area contributed by atoms with E-state index in [0.717, 1.165) is 35.3 Å². The van der Waals surface area contributed by atoms with Crippen LogP contribution in [0.3, 0.4) is 0 Å². The van der Waals surface area contributed by atoms with Gasteiger partial charge in [-0.1, -0.05) is 6.07 Å². The van der Waals surface area contributed by atoms with Crippen LogP contribution in [0.1, 0.15) is 35.1 Å². The number of carbonyl (C=O) groups excluding carboxylic acids is 1. The average molecular weight is 262 g/mol. The Hall–Kier alpha value is -1.55. The first-order valence-electron chi connectivity index (χ1n) is 6.60. The molecule has 0 aromatic heterocycles. The second-order valence-electron chi connectivity index (χ2n) is 5.33. The van der Waals surface area contributed by atoms with Crippen LogP contribution in [0.25, 0.3) is 0 Å². The number of hydrogen-bond donors (Lipinski definition) is 2. The van der Waals surface area contributed by atoms with Gasteiger partial charge in [-0.2, -0.15) is 0 Å². The lowest BCUT2D eigenvalue weighted by Crippen LogP contribution is -2.42. The lowest BCUT2D eigenvalue weighted by molar-refractivity contribution is -0.124. The van der Waals surface area contributed by atoms with Crippen LogP contribution in [0.2, 0.25) is 0 Å². The summed E-state index contributed by atoms with van der Waals surface area (Å²) in [6.45, 7) is 6.17. The van der Waals surface area contributed by atoms with Crippen LogP contribution in [0.5, 0.6) is 5.75 Å². The number of benzene rings is 1. The molecule has 19 heavy (non-hydrogen) atoms. The van der Waals surface area contributed by atoms with Crippen molar-refractivity contribution in [1.29, 1.82) is 0 Å². The zero-order valence-corrected chi connectivity index (χ0v) is 12.3. The van der Waals surface area contributed by atoms with Crippen molar-refractivity contribution in [2.24, 2.45) is 0 Å². The first-order chi connectivity index (χ1) is 8.97. The van der Waals surface area contributed by atoms with E-state index in [1.807, 2.05) is 6.92 Å². The fourth-order valence-corrected chi connectivity index (χ4v) is 2.85. The number of aryl methyl sites for hydroxylation is 2. The molecule has 1 fully saturated rings. The van der Waals surface area contributed by atoms with Gasteiger partial charge in [0.15, 0.2) is 0 Å². The number of hydrogen-bond acceptors (Lipinski definition) is 3. The van der Waals surface area contributed by atoms with Crippen LogP contribution < -0.4 is 15.6 Å². The Morgan fingerprint density at radius 1 is 1.26 bits per heavy atom. The van der Waals surface area contributed by atoms with Gasteiger partial charge in [0.05, 0.1) is 12.5 Å². The van der Waals surface area contributed by atoms with Crippen LogP contribution in [-0.4, -0.2) is 20.1 Å². The summed E-state index contributed by atoms with van der Waals surface area (Å²) < 4.78 is 5.59. The normalized spacial score (nSPS) is 16.1. The van der Waals surface area contributed by atoms with Gasteiger partial charge in [0.2, 0.25) is 5.91 Å². The van der Waals surface area contributed by atoms with Crippen molar-refractivity contribution >= 4 is 5.91 Å². The summed E-state index contributed by atoms with van der Waals surface area (Å²) in [7, 11) is 3.38. The van der Waals surface area contributed by atoms with E-state index in [2.05, 4.69) is 30.8 Å². The molecule has 1 aromatic rings. The number of amides is 1. The van der Waals surface area contributed by atoms with Gasteiger partial charge in [-0.15, -0.1) is 0 Å². The largest absolute Gasteiger partial charge is 0.496 e. The molecule has 4 nitrogen and oxygen atoms in total. The average Bonchev–Trinajstić information content (AvgIpc) is 3.15. The summed E-state index contributed by atoms with van der Waals surface area (Å²) in [5.74, 6) is 0.890. The van der Waals surface area contributed by atoms with E-state index in [-0.39, 0.29) is 5.91 Å². The predicted octanol–water partition coefficient (Wildman–Crippen LogP) is 1.90. The van der Waals surface area contributed by atoms with Crippen molar-refractivity contribution in [3.05, 3.63) is 28.3 Å². The molecule has 1 aliphatic carbocycles. The molecule has 0 heterocycles. The van der Waals surface area contributed by atoms with Crippen LogP contribution in [0, 0.1) is 20.8 Å². The third kappa shape index (κ3) is 2.10. The Balaban J connectivity index is 2.57. The molecule has 104 valence electrons. The highest BCUT2D eigenvalue weighted by molar-refractivity contribution is 5.92. The molecule has 0 atom stereocenters. The lowest BCUT2D eigenvalue weighted by Gasteiger charge is -2.23. The van der Waals surface area contributed by atoms with Crippen molar-refractivity contribution < 1.29 is 9.53 Å². The number of methoxy groups -OCH3 is 1. The summed E-state index contributed by atoms with van der Waals surface area (Å²) >= 11 is 0. The predicted molar refractivity (Wildman–Crippen MR) is 75.3 cm³/mol. The summed E-state index contributed by atoms with van der Waals surface area (Å²) in [5, 5.41) is 0. The molecule has 0 spiro atoms. The van der Waals surface area contributed by atoms with Crippen molar-refractivity contribution in [3.8, 4) is 5.75 Å². The van der Waals surface area contributed by atoms with E-state index in [1.165, 1.54) is 5.56 Å². The summed E-state index contributed by atoms with van der Waals surface area (Å²) in [6.07, 6.45) is 1.75. The minimum Gasteiger partial charge on any atom is -0.496 e. The third-order valence-electron chi connectivity index (χ3n) is 4.09. The number of hydrazine groups is 1. The molecule has 2 N–H and O–H groups in total. The third-order valence-corrected chi connectivity index (χ3v) is 4.09. The molecule has 1 amide bonds. The molecular formula is C15H22N2O2. The Bertz CT molecular complexity index is 519. The molecule has 4 heteroatoms. The molecule has 2 rings (SSSR count). The summed E-state index contributed by atoms with van der Waals surface area (Å²) in [6, 6.07) is 2.14. The molecule has 1 saturated carbocycles. The maximum atomic E-state index is 12.3. The zero-order chi connectivity index (χ0) is 14.2. The van der Waals surface area contributed by atoms with E-state index in [1.54, 1.807) is 14.2 Å². The van der Waals surface area contributed by atoms with Gasteiger partial charge in [-0.25, -0.2) is 5.43 Å². The molecule has 0 bridgehead atoms. The summed E-state index contributed by atoms with van der Waals surface area (Å²) in [4.78, 5) is 12.3.